The van der Waals surface area contributed by atoms with E-state index in [0.717, 1.165) is 128 Å². The molecule has 0 saturated carbocycles. The highest BCUT2D eigenvalue weighted by Gasteiger charge is 2.19. The van der Waals surface area contributed by atoms with Gasteiger partial charge in [0.25, 0.3) is 0 Å². The molecule has 458 valence electrons. The first-order valence-electron chi connectivity index (χ1n) is 33.9. The second kappa shape index (κ2) is 67.6. The Kier molecular flexibility index (Phi) is 64.3. The minimum Gasteiger partial charge on any atom is -0.462 e. The molecular formula is C74H126O6. The first-order valence-corrected chi connectivity index (χ1v) is 33.9. The van der Waals surface area contributed by atoms with Gasteiger partial charge in [-0.1, -0.05) is 310 Å². The van der Waals surface area contributed by atoms with Crippen LogP contribution in [0.25, 0.3) is 0 Å². The quantitative estimate of drug-likeness (QED) is 0.0261. The minimum atomic E-state index is -0.783. The molecule has 6 heteroatoms. The third kappa shape index (κ3) is 64.9. The standard InChI is InChI=1S/C74H126O6/c1-4-7-10-13-16-19-21-23-25-27-29-30-31-32-33-34-35-36-37-38-39-40-41-42-43-44-46-47-49-51-53-55-58-61-64-67-73(76)79-70-71(69-78-72(75)66-63-60-57-18-15-12-9-6-3)80-74(77)68-65-62-59-56-54-52-50-48-45-28-26-24-22-20-17-14-11-8-5-2/h7-8,10-11,16-17,19-20,23-26,29-30,32-33,45,48,71H,4-6,9,12-15,18,21-22,27-28,31,34-44,46-47,49-70H2,1-3H3/b10-7-,11-8-,19-16-,20-17-,25-23-,26-24-,30-29-,33-32-,48-45-. The molecule has 0 aliphatic heterocycles. The molecule has 0 spiro atoms. The van der Waals surface area contributed by atoms with Crippen molar-refractivity contribution in [3.8, 4) is 0 Å². The molecular weight excluding hydrogens is 985 g/mol. The average Bonchev–Trinajstić information content (AvgIpc) is 3.46. The van der Waals surface area contributed by atoms with Crippen molar-refractivity contribution in [2.45, 2.75) is 329 Å². The second-order valence-electron chi connectivity index (χ2n) is 22.3. The van der Waals surface area contributed by atoms with Gasteiger partial charge in [-0.15, -0.1) is 0 Å². The van der Waals surface area contributed by atoms with Gasteiger partial charge in [-0.25, -0.2) is 0 Å². The van der Waals surface area contributed by atoms with Crippen LogP contribution in [0.2, 0.25) is 0 Å². The van der Waals surface area contributed by atoms with Gasteiger partial charge in [0.15, 0.2) is 6.10 Å². The van der Waals surface area contributed by atoms with Gasteiger partial charge < -0.3 is 14.2 Å². The monoisotopic (exact) mass is 1110 g/mol. The lowest BCUT2D eigenvalue weighted by Crippen LogP contribution is -2.30. The van der Waals surface area contributed by atoms with Crippen LogP contribution in [0.15, 0.2) is 109 Å². The van der Waals surface area contributed by atoms with E-state index in [0.29, 0.717) is 19.3 Å². The Balaban J connectivity index is 4.05. The molecule has 0 saturated heterocycles. The lowest BCUT2D eigenvalue weighted by atomic mass is 10.0. The van der Waals surface area contributed by atoms with Gasteiger partial charge >= 0.3 is 17.9 Å². The minimum absolute atomic E-state index is 0.0802. The van der Waals surface area contributed by atoms with Gasteiger partial charge in [0, 0.05) is 19.3 Å². The van der Waals surface area contributed by atoms with Crippen LogP contribution in [0.5, 0.6) is 0 Å². The van der Waals surface area contributed by atoms with E-state index >= 15 is 0 Å². The summed E-state index contributed by atoms with van der Waals surface area (Å²) in [5.74, 6) is -0.887. The molecule has 0 aromatic rings. The first kappa shape index (κ1) is 76.1. The Bertz CT molecular complexity index is 1610. The van der Waals surface area contributed by atoms with Crippen molar-refractivity contribution in [2.24, 2.45) is 0 Å². The summed E-state index contributed by atoms with van der Waals surface area (Å²) in [4.78, 5) is 38.2. The van der Waals surface area contributed by atoms with E-state index in [9.17, 15) is 14.4 Å². The van der Waals surface area contributed by atoms with Crippen molar-refractivity contribution < 1.29 is 28.6 Å². The molecule has 0 aliphatic rings. The predicted molar refractivity (Wildman–Crippen MR) is 348 cm³/mol. The molecule has 0 N–H and O–H groups in total. The third-order valence-corrected chi connectivity index (χ3v) is 14.5. The van der Waals surface area contributed by atoms with Crippen molar-refractivity contribution in [3.05, 3.63) is 109 Å². The normalized spacial score (nSPS) is 12.8. The molecule has 0 bridgehead atoms. The predicted octanol–water partition coefficient (Wildman–Crippen LogP) is 23.4. The first-order chi connectivity index (χ1) is 39.5. The highest BCUT2D eigenvalue weighted by Crippen LogP contribution is 2.17. The van der Waals surface area contributed by atoms with Crippen LogP contribution in [0.3, 0.4) is 0 Å². The van der Waals surface area contributed by atoms with Crippen LogP contribution in [-0.4, -0.2) is 37.2 Å². The average molecular weight is 1110 g/mol. The van der Waals surface area contributed by atoms with Crippen LogP contribution >= 0.6 is 0 Å². The van der Waals surface area contributed by atoms with E-state index < -0.39 is 6.10 Å². The van der Waals surface area contributed by atoms with Gasteiger partial charge in [-0.2, -0.15) is 0 Å². The van der Waals surface area contributed by atoms with Crippen LogP contribution < -0.4 is 0 Å². The van der Waals surface area contributed by atoms with Crippen molar-refractivity contribution in [2.75, 3.05) is 13.2 Å². The second-order valence-corrected chi connectivity index (χ2v) is 22.3. The summed E-state index contributed by atoms with van der Waals surface area (Å²) >= 11 is 0. The molecule has 0 amide bonds. The summed E-state index contributed by atoms with van der Waals surface area (Å²) in [6.45, 7) is 6.40. The molecule has 0 rings (SSSR count). The molecule has 0 radical (unpaired) electrons. The topological polar surface area (TPSA) is 78.9 Å². The Hall–Kier alpha value is -3.93. The molecule has 0 aromatic carbocycles. The highest BCUT2D eigenvalue weighted by molar-refractivity contribution is 5.71. The molecule has 0 aliphatic carbocycles. The fourth-order valence-corrected chi connectivity index (χ4v) is 9.52. The fourth-order valence-electron chi connectivity index (χ4n) is 9.52. The summed E-state index contributed by atoms with van der Waals surface area (Å²) in [5.41, 5.74) is 0. The smallest absolute Gasteiger partial charge is 0.306 e. The van der Waals surface area contributed by atoms with Gasteiger partial charge in [0.2, 0.25) is 0 Å². The van der Waals surface area contributed by atoms with Crippen molar-refractivity contribution in [1.29, 1.82) is 0 Å². The number of hydrogen-bond donors (Lipinski definition) is 0. The van der Waals surface area contributed by atoms with E-state index in [2.05, 4.69) is 130 Å². The largest absolute Gasteiger partial charge is 0.462 e. The summed E-state index contributed by atoms with van der Waals surface area (Å²) in [7, 11) is 0. The third-order valence-electron chi connectivity index (χ3n) is 14.5. The number of rotatable bonds is 61. The SMILES string of the molecule is CC/C=C\C/C=C\C/C=C\C/C=C\C/C=C\CCCCCCCCCCCCCCCCCCCCCC(=O)OCC(COC(=O)CCCCCCCCCC)OC(=O)CCCCCCCC/C=C\C/C=C\C/C=C\C/C=C\CC. The molecule has 0 fully saturated rings. The van der Waals surface area contributed by atoms with Crippen molar-refractivity contribution in [3.63, 3.8) is 0 Å². The number of esters is 3. The lowest BCUT2D eigenvalue weighted by molar-refractivity contribution is -0.167. The maximum atomic E-state index is 12.9. The summed E-state index contributed by atoms with van der Waals surface area (Å²) in [5, 5.41) is 0. The van der Waals surface area contributed by atoms with E-state index in [1.165, 1.54) is 154 Å². The number of ether oxygens (including phenoxy) is 3. The Morgan fingerprint density at radius 1 is 0.263 bits per heavy atom. The van der Waals surface area contributed by atoms with E-state index in [1.807, 2.05) is 0 Å². The zero-order valence-corrected chi connectivity index (χ0v) is 52.6. The van der Waals surface area contributed by atoms with Crippen LogP contribution in [-0.2, 0) is 28.6 Å². The Labute approximate surface area is 495 Å². The van der Waals surface area contributed by atoms with Crippen molar-refractivity contribution in [1.82, 2.24) is 0 Å². The lowest BCUT2D eigenvalue weighted by Gasteiger charge is -2.18. The highest BCUT2D eigenvalue weighted by atomic mass is 16.6. The Morgan fingerprint density at radius 2 is 0.487 bits per heavy atom. The van der Waals surface area contributed by atoms with Gasteiger partial charge in [-0.05, 0) is 103 Å². The summed E-state index contributed by atoms with van der Waals surface area (Å²) < 4.78 is 16.9. The number of carbonyl (C=O) groups is 3. The number of carbonyl (C=O) groups excluding carboxylic acids is 3. The molecule has 0 heterocycles. The number of allylic oxidation sites excluding steroid dienone is 18. The maximum Gasteiger partial charge on any atom is 0.306 e. The molecule has 1 atom stereocenters. The molecule has 6 nitrogen and oxygen atoms in total. The van der Waals surface area contributed by atoms with Gasteiger partial charge in [0.1, 0.15) is 13.2 Å². The number of unbranched alkanes of at least 4 members (excludes halogenated alkanes) is 32. The molecule has 1 unspecified atom stereocenters. The van der Waals surface area contributed by atoms with E-state index in [4.69, 9.17) is 14.2 Å². The number of hydrogen-bond acceptors (Lipinski definition) is 6. The van der Waals surface area contributed by atoms with Crippen LogP contribution in [0.1, 0.15) is 323 Å². The van der Waals surface area contributed by atoms with E-state index in [1.54, 1.807) is 0 Å². The summed E-state index contributed by atoms with van der Waals surface area (Å²) in [6, 6.07) is 0. The molecule has 0 aromatic heterocycles. The van der Waals surface area contributed by atoms with Gasteiger partial charge in [0.05, 0.1) is 0 Å². The van der Waals surface area contributed by atoms with Crippen LogP contribution in [0, 0.1) is 0 Å². The van der Waals surface area contributed by atoms with E-state index in [-0.39, 0.29) is 31.1 Å². The Morgan fingerprint density at radius 3 is 0.762 bits per heavy atom. The van der Waals surface area contributed by atoms with Gasteiger partial charge in [-0.3, -0.25) is 14.4 Å². The maximum absolute atomic E-state index is 12.9. The van der Waals surface area contributed by atoms with Crippen molar-refractivity contribution >= 4 is 17.9 Å². The summed E-state index contributed by atoms with van der Waals surface area (Å²) in [6.07, 6.45) is 92.8. The van der Waals surface area contributed by atoms with Crippen LogP contribution in [0.4, 0.5) is 0 Å². The zero-order valence-electron chi connectivity index (χ0n) is 52.6. The fraction of sp³-hybridized carbons (Fsp3) is 0.716. The molecule has 80 heavy (non-hydrogen) atoms. The zero-order chi connectivity index (χ0) is 57.8.